The second-order valence-electron chi connectivity index (χ2n) is 6.18. The lowest BCUT2D eigenvalue weighted by molar-refractivity contribution is 0.517. The van der Waals surface area contributed by atoms with Gasteiger partial charge in [-0.2, -0.15) is 0 Å². The molecule has 1 fully saturated rings. The maximum atomic E-state index is 3.55. The Balaban J connectivity index is 1.76. The van der Waals surface area contributed by atoms with Crippen LogP contribution in [0.3, 0.4) is 0 Å². The van der Waals surface area contributed by atoms with E-state index in [1.165, 1.54) is 36.0 Å². The number of hydrogen-bond acceptors (Lipinski definition) is 1. The summed E-state index contributed by atoms with van der Waals surface area (Å²) in [4.78, 5) is 0. The van der Waals surface area contributed by atoms with E-state index in [0.29, 0.717) is 6.04 Å². The predicted molar refractivity (Wildman–Crippen MR) is 89.5 cm³/mol. The molecule has 3 atom stereocenters. The summed E-state index contributed by atoms with van der Waals surface area (Å²) in [6, 6.07) is 20.6. The minimum Gasteiger partial charge on any atom is -0.313 e. The number of hydrogen-bond donors (Lipinski definition) is 1. The van der Waals surface area contributed by atoms with E-state index in [1.807, 2.05) is 0 Å². The van der Waals surface area contributed by atoms with Crippen molar-refractivity contribution in [2.45, 2.75) is 38.1 Å². The van der Waals surface area contributed by atoms with Gasteiger partial charge in [0, 0.05) is 6.04 Å². The van der Waals surface area contributed by atoms with Crippen molar-refractivity contribution >= 4 is 0 Å². The first-order valence-electron chi connectivity index (χ1n) is 8.14. The van der Waals surface area contributed by atoms with Gasteiger partial charge in [0.15, 0.2) is 0 Å². The minimum atomic E-state index is 0.479. The summed E-state index contributed by atoms with van der Waals surface area (Å²) in [5, 5.41) is 3.55. The van der Waals surface area contributed by atoms with Crippen LogP contribution in [-0.4, -0.2) is 7.05 Å². The fourth-order valence-corrected chi connectivity index (χ4v) is 3.53. The molecule has 1 nitrogen and oxygen atoms in total. The Morgan fingerprint density at radius 3 is 2.62 bits per heavy atom. The van der Waals surface area contributed by atoms with Crippen LogP contribution in [0.15, 0.2) is 54.6 Å². The van der Waals surface area contributed by atoms with Gasteiger partial charge in [-0.05, 0) is 48.4 Å². The number of benzene rings is 2. The van der Waals surface area contributed by atoms with Crippen LogP contribution in [0, 0.1) is 5.92 Å². The summed E-state index contributed by atoms with van der Waals surface area (Å²) in [5.74, 6) is 1.45. The molecule has 0 amide bonds. The van der Waals surface area contributed by atoms with Crippen molar-refractivity contribution in [3.8, 4) is 0 Å². The van der Waals surface area contributed by atoms with Crippen molar-refractivity contribution in [2.75, 3.05) is 7.05 Å². The Kier molecular flexibility index (Phi) is 4.40. The average molecular weight is 279 g/mol. The van der Waals surface area contributed by atoms with Gasteiger partial charge >= 0.3 is 0 Å². The van der Waals surface area contributed by atoms with Crippen LogP contribution in [-0.2, 0) is 6.42 Å². The van der Waals surface area contributed by atoms with Crippen molar-refractivity contribution < 1.29 is 0 Å². The van der Waals surface area contributed by atoms with Gasteiger partial charge < -0.3 is 5.32 Å². The molecule has 3 unspecified atom stereocenters. The Bertz CT molecular complexity index is 575. The van der Waals surface area contributed by atoms with Gasteiger partial charge in [0.05, 0.1) is 0 Å². The molecule has 3 rings (SSSR count). The fourth-order valence-electron chi connectivity index (χ4n) is 3.53. The molecule has 1 aliphatic rings. The SMILES string of the molecule is CCCc1cccc(C(NC)C2CC2c2ccccc2)c1. The average Bonchev–Trinajstić information content (AvgIpc) is 3.30. The molecule has 0 bridgehead atoms. The zero-order chi connectivity index (χ0) is 14.7. The van der Waals surface area contributed by atoms with Gasteiger partial charge in [-0.3, -0.25) is 0 Å². The molecular formula is C20H25N. The molecule has 2 aromatic rings. The molecule has 0 radical (unpaired) electrons. The number of aryl methyl sites for hydroxylation is 1. The summed E-state index contributed by atoms with van der Waals surface area (Å²) in [5.41, 5.74) is 4.41. The first-order valence-corrected chi connectivity index (χ1v) is 8.14. The highest BCUT2D eigenvalue weighted by atomic mass is 14.9. The summed E-state index contributed by atoms with van der Waals surface area (Å²) < 4.78 is 0. The maximum Gasteiger partial charge on any atom is 0.0352 e. The van der Waals surface area contributed by atoms with Gasteiger partial charge in [-0.15, -0.1) is 0 Å². The van der Waals surface area contributed by atoms with E-state index in [4.69, 9.17) is 0 Å². The van der Waals surface area contributed by atoms with Crippen LogP contribution < -0.4 is 5.32 Å². The monoisotopic (exact) mass is 279 g/mol. The van der Waals surface area contributed by atoms with Crippen LogP contribution in [0.4, 0.5) is 0 Å². The lowest BCUT2D eigenvalue weighted by Gasteiger charge is -2.18. The summed E-state index contributed by atoms with van der Waals surface area (Å²) in [7, 11) is 2.09. The quantitative estimate of drug-likeness (QED) is 0.808. The van der Waals surface area contributed by atoms with Crippen LogP contribution in [0.1, 0.15) is 48.4 Å². The number of rotatable bonds is 6. The van der Waals surface area contributed by atoms with E-state index in [2.05, 4.69) is 73.9 Å². The van der Waals surface area contributed by atoms with Gasteiger partial charge in [-0.1, -0.05) is 67.9 Å². The largest absolute Gasteiger partial charge is 0.313 e. The summed E-state index contributed by atoms with van der Waals surface area (Å²) >= 11 is 0. The Morgan fingerprint density at radius 2 is 1.90 bits per heavy atom. The fraction of sp³-hybridized carbons (Fsp3) is 0.400. The van der Waals surface area contributed by atoms with Gasteiger partial charge in [0.2, 0.25) is 0 Å². The Hall–Kier alpha value is -1.60. The second-order valence-corrected chi connectivity index (χ2v) is 6.18. The van der Waals surface area contributed by atoms with Crippen LogP contribution in [0.2, 0.25) is 0 Å². The van der Waals surface area contributed by atoms with Crippen molar-refractivity contribution in [1.29, 1.82) is 0 Å². The van der Waals surface area contributed by atoms with E-state index in [1.54, 1.807) is 0 Å². The highest BCUT2D eigenvalue weighted by Gasteiger charge is 2.43. The van der Waals surface area contributed by atoms with Crippen LogP contribution >= 0.6 is 0 Å². The molecule has 1 N–H and O–H groups in total. The molecule has 21 heavy (non-hydrogen) atoms. The van der Waals surface area contributed by atoms with Gasteiger partial charge in [0.25, 0.3) is 0 Å². The maximum absolute atomic E-state index is 3.55. The predicted octanol–water partition coefficient (Wildman–Crippen LogP) is 4.70. The first kappa shape index (κ1) is 14.3. The molecule has 1 saturated carbocycles. The lowest BCUT2D eigenvalue weighted by Crippen LogP contribution is -2.19. The highest BCUT2D eigenvalue weighted by molar-refractivity contribution is 5.32. The molecule has 0 saturated heterocycles. The van der Waals surface area contributed by atoms with Crippen LogP contribution in [0.5, 0.6) is 0 Å². The molecule has 110 valence electrons. The van der Waals surface area contributed by atoms with Crippen molar-refractivity contribution in [3.05, 3.63) is 71.3 Å². The van der Waals surface area contributed by atoms with E-state index >= 15 is 0 Å². The molecule has 1 aliphatic carbocycles. The van der Waals surface area contributed by atoms with Gasteiger partial charge in [0.1, 0.15) is 0 Å². The van der Waals surface area contributed by atoms with E-state index in [-0.39, 0.29) is 0 Å². The molecule has 0 heterocycles. The third kappa shape index (κ3) is 3.19. The third-order valence-electron chi connectivity index (χ3n) is 4.66. The second kappa shape index (κ2) is 6.44. The third-order valence-corrected chi connectivity index (χ3v) is 4.66. The zero-order valence-electron chi connectivity index (χ0n) is 13.0. The molecular weight excluding hydrogens is 254 g/mol. The standard InChI is InChI=1S/C20H25N/c1-3-8-15-9-7-12-17(13-15)20(21-2)19-14-18(19)16-10-5-4-6-11-16/h4-7,9-13,18-21H,3,8,14H2,1-2H3. The van der Waals surface area contributed by atoms with Crippen molar-refractivity contribution in [1.82, 2.24) is 5.32 Å². The lowest BCUT2D eigenvalue weighted by atomic mass is 9.96. The van der Waals surface area contributed by atoms with Crippen molar-refractivity contribution in [2.24, 2.45) is 5.92 Å². The summed E-state index contributed by atoms with van der Waals surface area (Å²) in [6.07, 6.45) is 3.69. The molecule has 2 aromatic carbocycles. The van der Waals surface area contributed by atoms with E-state index in [9.17, 15) is 0 Å². The number of nitrogens with one attached hydrogen (secondary N) is 1. The smallest absolute Gasteiger partial charge is 0.0352 e. The van der Waals surface area contributed by atoms with Crippen LogP contribution in [0.25, 0.3) is 0 Å². The molecule has 0 aromatic heterocycles. The Morgan fingerprint density at radius 1 is 1.10 bits per heavy atom. The molecule has 1 heteroatoms. The van der Waals surface area contributed by atoms with Crippen molar-refractivity contribution in [3.63, 3.8) is 0 Å². The topological polar surface area (TPSA) is 12.0 Å². The van der Waals surface area contributed by atoms with E-state index in [0.717, 1.165) is 11.8 Å². The zero-order valence-corrected chi connectivity index (χ0v) is 13.0. The van der Waals surface area contributed by atoms with Gasteiger partial charge in [-0.25, -0.2) is 0 Å². The first-order chi connectivity index (χ1) is 10.3. The molecule has 0 aliphatic heterocycles. The normalized spacial score (nSPS) is 22.0. The Labute approximate surface area is 128 Å². The summed E-state index contributed by atoms with van der Waals surface area (Å²) in [6.45, 7) is 2.24. The molecule has 0 spiro atoms. The highest BCUT2D eigenvalue weighted by Crippen LogP contribution is 2.53. The van der Waals surface area contributed by atoms with E-state index < -0.39 is 0 Å². The minimum absolute atomic E-state index is 0.479.